The van der Waals surface area contributed by atoms with Gasteiger partial charge >= 0.3 is 0 Å². The average Bonchev–Trinajstić information content (AvgIpc) is 2.73. The summed E-state index contributed by atoms with van der Waals surface area (Å²) in [4.78, 5) is 2.73. The molecule has 0 spiro atoms. The molecule has 2 aromatic carbocycles. The number of aromatic nitrogens is 1. The topological polar surface area (TPSA) is 60.7 Å². The quantitative estimate of drug-likeness (QED) is 0.649. The maximum Gasteiger partial charge on any atom is 0.218 e. The van der Waals surface area contributed by atoms with Gasteiger partial charge in [-0.1, -0.05) is 17.7 Å². The number of aromatic amines is 1. The highest BCUT2D eigenvalue weighted by atomic mass is 19.1. The molecule has 3 aromatic rings. The first kappa shape index (κ1) is 12.3. The molecule has 0 aliphatic heterocycles. The lowest BCUT2D eigenvalue weighted by Crippen LogP contribution is -1.72. The van der Waals surface area contributed by atoms with Crippen molar-refractivity contribution in [3.05, 3.63) is 53.8 Å². The van der Waals surface area contributed by atoms with Crippen LogP contribution in [0.3, 0.4) is 0 Å². The standard InChI is InChI=1S/C15H12FN3O/c1-9-2-5-11(6-3-9)18-19-14-12-8-10(16)4-7-13(12)17-15(14)20/h2-8,17,20H,1H3. The van der Waals surface area contributed by atoms with Gasteiger partial charge in [0.1, 0.15) is 5.82 Å². The molecular weight excluding hydrogens is 257 g/mol. The van der Waals surface area contributed by atoms with Gasteiger partial charge in [-0.3, -0.25) is 0 Å². The van der Waals surface area contributed by atoms with E-state index in [1.165, 1.54) is 12.1 Å². The van der Waals surface area contributed by atoms with Crippen molar-refractivity contribution in [2.45, 2.75) is 6.92 Å². The molecule has 0 saturated carbocycles. The van der Waals surface area contributed by atoms with Crippen LogP contribution >= 0.6 is 0 Å². The second kappa shape index (κ2) is 4.77. The van der Waals surface area contributed by atoms with Crippen LogP contribution in [-0.2, 0) is 0 Å². The second-order valence-electron chi connectivity index (χ2n) is 4.55. The van der Waals surface area contributed by atoms with Crippen LogP contribution in [0.25, 0.3) is 10.9 Å². The van der Waals surface area contributed by atoms with Gasteiger partial charge in [-0.05, 0) is 37.3 Å². The Balaban J connectivity index is 2.03. The molecule has 1 aromatic heterocycles. The molecule has 0 amide bonds. The van der Waals surface area contributed by atoms with Gasteiger partial charge in [0, 0.05) is 5.39 Å². The molecule has 0 unspecified atom stereocenters. The number of nitrogens with zero attached hydrogens (tertiary/aromatic N) is 2. The Kier molecular flexibility index (Phi) is 2.95. The monoisotopic (exact) mass is 269 g/mol. The van der Waals surface area contributed by atoms with Crippen molar-refractivity contribution in [1.29, 1.82) is 0 Å². The van der Waals surface area contributed by atoms with E-state index in [0.717, 1.165) is 5.56 Å². The Morgan fingerprint density at radius 3 is 2.55 bits per heavy atom. The molecule has 4 nitrogen and oxygen atoms in total. The van der Waals surface area contributed by atoms with Crippen molar-refractivity contribution in [3.8, 4) is 5.88 Å². The van der Waals surface area contributed by atoms with E-state index in [-0.39, 0.29) is 17.4 Å². The van der Waals surface area contributed by atoms with Crippen molar-refractivity contribution in [2.24, 2.45) is 10.2 Å². The maximum absolute atomic E-state index is 13.3. The number of halogens is 1. The zero-order chi connectivity index (χ0) is 14.1. The molecule has 0 fully saturated rings. The van der Waals surface area contributed by atoms with Crippen molar-refractivity contribution < 1.29 is 9.50 Å². The summed E-state index contributed by atoms with van der Waals surface area (Å²) in [5.74, 6) is -0.509. The molecule has 0 aliphatic rings. The summed E-state index contributed by atoms with van der Waals surface area (Å²) in [5, 5.41) is 18.4. The highest BCUT2D eigenvalue weighted by Gasteiger charge is 2.10. The van der Waals surface area contributed by atoms with Gasteiger partial charge in [-0.15, -0.1) is 5.11 Å². The zero-order valence-corrected chi connectivity index (χ0v) is 10.8. The molecule has 0 bridgehead atoms. The third-order valence-electron chi connectivity index (χ3n) is 3.01. The van der Waals surface area contributed by atoms with Crippen LogP contribution in [0.4, 0.5) is 15.8 Å². The summed E-state index contributed by atoms with van der Waals surface area (Å²) in [7, 11) is 0. The number of nitrogens with one attached hydrogen (secondary N) is 1. The smallest absolute Gasteiger partial charge is 0.218 e. The number of hydrogen-bond donors (Lipinski definition) is 2. The third-order valence-corrected chi connectivity index (χ3v) is 3.01. The van der Waals surface area contributed by atoms with E-state index in [2.05, 4.69) is 15.2 Å². The lowest BCUT2D eigenvalue weighted by Gasteiger charge is -1.94. The lowest BCUT2D eigenvalue weighted by atomic mass is 10.2. The number of rotatable bonds is 2. The van der Waals surface area contributed by atoms with Gasteiger partial charge in [0.2, 0.25) is 5.88 Å². The van der Waals surface area contributed by atoms with E-state index >= 15 is 0 Å². The fourth-order valence-electron chi connectivity index (χ4n) is 1.96. The highest BCUT2D eigenvalue weighted by molar-refractivity contribution is 5.94. The molecule has 100 valence electrons. The van der Waals surface area contributed by atoms with Gasteiger partial charge in [-0.25, -0.2) is 4.39 Å². The molecule has 0 atom stereocenters. The summed E-state index contributed by atoms with van der Waals surface area (Å²) in [6.07, 6.45) is 0. The predicted octanol–water partition coefficient (Wildman–Crippen LogP) is 4.74. The van der Waals surface area contributed by atoms with E-state index < -0.39 is 0 Å². The first-order chi connectivity index (χ1) is 9.63. The van der Waals surface area contributed by atoms with Crippen molar-refractivity contribution in [2.75, 3.05) is 0 Å². The fourth-order valence-corrected chi connectivity index (χ4v) is 1.96. The number of fused-ring (bicyclic) bond motifs is 1. The summed E-state index contributed by atoms with van der Waals surface area (Å²) in [6.45, 7) is 1.98. The SMILES string of the molecule is Cc1ccc(N=Nc2c(O)[nH]c3ccc(F)cc23)cc1. The van der Waals surface area contributed by atoms with Crippen LogP contribution in [0.5, 0.6) is 5.88 Å². The first-order valence-electron chi connectivity index (χ1n) is 6.12. The maximum atomic E-state index is 13.3. The number of benzene rings is 2. The van der Waals surface area contributed by atoms with Gasteiger partial charge in [0.15, 0.2) is 5.69 Å². The van der Waals surface area contributed by atoms with Gasteiger partial charge in [-0.2, -0.15) is 5.11 Å². The Morgan fingerprint density at radius 2 is 1.80 bits per heavy atom. The van der Waals surface area contributed by atoms with Crippen LogP contribution in [0, 0.1) is 12.7 Å². The van der Waals surface area contributed by atoms with E-state index in [0.29, 0.717) is 16.6 Å². The largest absolute Gasteiger partial charge is 0.493 e. The van der Waals surface area contributed by atoms with Crippen LogP contribution in [-0.4, -0.2) is 10.1 Å². The summed E-state index contributed by atoms with van der Waals surface area (Å²) >= 11 is 0. The summed E-state index contributed by atoms with van der Waals surface area (Å²) in [5.41, 5.74) is 2.64. The lowest BCUT2D eigenvalue weighted by molar-refractivity contribution is 0.459. The summed E-state index contributed by atoms with van der Waals surface area (Å²) in [6, 6.07) is 11.7. The van der Waals surface area contributed by atoms with E-state index in [1.807, 2.05) is 31.2 Å². The van der Waals surface area contributed by atoms with Crippen molar-refractivity contribution >= 4 is 22.3 Å². The molecule has 1 heterocycles. The average molecular weight is 269 g/mol. The molecule has 2 N–H and O–H groups in total. The molecule has 20 heavy (non-hydrogen) atoms. The molecule has 0 aliphatic carbocycles. The first-order valence-corrected chi connectivity index (χ1v) is 6.12. The fraction of sp³-hybridized carbons (Fsp3) is 0.0667. The molecule has 0 radical (unpaired) electrons. The molecule has 0 saturated heterocycles. The van der Waals surface area contributed by atoms with E-state index in [1.54, 1.807) is 6.07 Å². The minimum absolute atomic E-state index is 0.124. The third kappa shape index (κ3) is 2.25. The minimum Gasteiger partial charge on any atom is -0.493 e. The number of aryl methyl sites for hydroxylation is 1. The van der Waals surface area contributed by atoms with Gasteiger partial charge in [0.25, 0.3) is 0 Å². The van der Waals surface area contributed by atoms with Crippen molar-refractivity contribution in [1.82, 2.24) is 4.98 Å². The van der Waals surface area contributed by atoms with E-state index in [9.17, 15) is 9.50 Å². The van der Waals surface area contributed by atoms with Crippen molar-refractivity contribution in [3.63, 3.8) is 0 Å². The second-order valence-corrected chi connectivity index (χ2v) is 4.55. The minimum atomic E-state index is -0.386. The van der Waals surface area contributed by atoms with E-state index in [4.69, 9.17) is 0 Å². The molecule has 5 heteroatoms. The van der Waals surface area contributed by atoms with Crippen LogP contribution in [0.15, 0.2) is 52.7 Å². The molecular formula is C15H12FN3O. The van der Waals surface area contributed by atoms with Crippen LogP contribution < -0.4 is 0 Å². The molecule has 3 rings (SSSR count). The Hall–Kier alpha value is -2.69. The van der Waals surface area contributed by atoms with Gasteiger partial charge in [0.05, 0.1) is 11.2 Å². The number of H-pyrrole nitrogens is 1. The number of azo groups is 1. The predicted molar refractivity (Wildman–Crippen MR) is 75.3 cm³/mol. The Morgan fingerprint density at radius 1 is 1.05 bits per heavy atom. The number of aromatic hydroxyl groups is 1. The Labute approximate surface area is 114 Å². The zero-order valence-electron chi connectivity index (χ0n) is 10.8. The van der Waals surface area contributed by atoms with Crippen LogP contribution in [0.2, 0.25) is 0 Å². The highest BCUT2D eigenvalue weighted by Crippen LogP contribution is 2.36. The van der Waals surface area contributed by atoms with Gasteiger partial charge < -0.3 is 10.1 Å². The Bertz CT molecular complexity index is 791. The normalized spacial score (nSPS) is 11.5. The van der Waals surface area contributed by atoms with Crippen LogP contribution in [0.1, 0.15) is 5.56 Å². The number of hydrogen-bond acceptors (Lipinski definition) is 3. The summed E-state index contributed by atoms with van der Waals surface area (Å²) < 4.78 is 13.3.